The first-order valence-corrected chi connectivity index (χ1v) is 6.99. The molecule has 0 bridgehead atoms. The van der Waals surface area contributed by atoms with E-state index in [1.165, 1.54) is 30.5 Å². The van der Waals surface area contributed by atoms with Crippen molar-refractivity contribution in [2.24, 2.45) is 0 Å². The third-order valence-electron chi connectivity index (χ3n) is 3.64. The molecule has 2 aromatic rings. The lowest BCUT2D eigenvalue weighted by Crippen LogP contribution is -2.21. The molecule has 0 amide bonds. The zero-order valence-electron chi connectivity index (χ0n) is 11.0. The third-order valence-corrected chi connectivity index (χ3v) is 3.64. The summed E-state index contributed by atoms with van der Waals surface area (Å²) in [5.41, 5.74) is 3.44. The van der Waals surface area contributed by atoms with Crippen LogP contribution in [0.3, 0.4) is 0 Å². The van der Waals surface area contributed by atoms with Crippen LogP contribution in [-0.4, -0.2) is 29.3 Å². The van der Waals surface area contributed by atoms with E-state index >= 15 is 0 Å². The second kappa shape index (κ2) is 5.89. The van der Waals surface area contributed by atoms with E-state index in [2.05, 4.69) is 45.1 Å². The van der Waals surface area contributed by atoms with E-state index in [0.717, 1.165) is 18.8 Å². The third kappa shape index (κ3) is 3.15. The lowest BCUT2D eigenvalue weighted by atomic mass is 10.1. The number of benzene rings is 1. The number of H-pyrrole nitrogens is 1. The van der Waals surface area contributed by atoms with Crippen molar-refractivity contribution in [2.45, 2.75) is 25.3 Å². The maximum Gasteiger partial charge on any atom is 0.0650 e. The normalized spacial score (nSPS) is 19.9. The Hall–Kier alpha value is -1.81. The van der Waals surface area contributed by atoms with Crippen LogP contribution in [0.1, 0.15) is 19.3 Å². The molecular weight excluding hydrogens is 236 g/mol. The largest absolute Gasteiger partial charge is 0.382 e. The van der Waals surface area contributed by atoms with Crippen LogP contribution in [0.5, 0.6) is 0 Å². The molecule has 1 atom stereocenters. The van der Waals surface area contributed by atoms with Gasteiger partial charge < -0.3 is 10.6 Å². The Morgan fingerprint density at radius 2 is 1.95 bits per heavy atom. The van der Waals surface area contributed by atoms with Crippen molar-refractivity contribution in [3.63, 3.8) is 0 Å². The Morgan fingerprint density at radius 1 is 1.05 bits per heavy atom. The van der Waals surface area contributed by atoms with Crippen LogP contribution in [0.4, 0.5) is 5.69 Å². The fourth-order valence-electron chi connectivity index (χ4n) is 2.56. The number of aromatic nitrogens is 2. The summed E-state index contributed by atoms with van der Waals surface area (Å²) in [6.45, 7) is 2.26. The summed E-state index contributed by atoms with van der Waals surface area (Å²) < 4.78 is 0. The van der Waals surface area contributed by atoms with Gasteiger partial charge in [-0.25, -0.2) is 0 Å². The van der Waals surface area contributed by atoms with Crippen molar-refractivity contribution < 1.29 is 0 Å². The molecule has 1 aromatic carbocycles. The van der Waals surface area contributed by atoms with Crippen molar-refractivity contribution in [1.82, 2.24) is 15.5 Å². The fraction of sp³-hybridized carbons (Fsp3) is 0.400. The van der Waals surface area contributed by atoms with Crippen molar-refractivity contribution in [3.05, 3.63) is 36.5 Å². The standard InChI is InChI=1S/C15H20N4/c1-2-13(7-10-16-9-1)18-14-5-3-12(4-6-14)15-8-11-17-19-15/h3-6,8,11,13,16,18H,1-2,7,9-10H2,(H,17,19). The highest BCUT2D eigenvalue weighted by atomic mass is 15.1. The summed E-state index contributed by atoms with van der Waals surface area (Å²) in [5, 5.41) is 14.0. The molecule has 0 spiro atoms. The topological polar surface area (TPSA) is 52.7 Å². The number of hydrogen-bond acceptors (Lipinski definition) is 3. The quantitative estimate of drug-likeness (QED) is 0.791. The highest BCUT2D eigenvalue weighted by Crippen LogP contribution is 2.20. The minimum absolute atomic E-state index is 0.591. The van der Waals surface area contributed by atoms with E-state index in [-0.39, 0.29) is 0 Å². The van der Waals surface area contributed by atoms with Gasteiger partial charge >= 0.3 is 0 Å². The zero-order valence-corrected chi connectivity index (χ0v) is 11.0. The molecule has 2 heterocycles. The summed E-state index contributed by atoms with van der Waals surface area (Å²) >= 11 is 0. The van der Waals surface area contributed by atoms with E-state index in [9.17, 15) is 0 Å². The van der Waals surface area contributed by atoms with Gasteiger partial charge in [0.25, 0.3) is 0 Å². The fourth-order valence-corrected chi connectivity index (χ4v) is 2.56. The van der Waals surface area contributed by atoms with Gasteiger partial charge in [0.05, 0.1) is 5.69 Å². The first-order valence-electron chi connectivity index (χ1n) is 6.99. The number of rotatable bonds is 3. The Balaban J connectivity index is 1.65. The van der Waals surface area contributed by atoms with Crippen LogP contribution >= 0.6 is 0 Å². The molecule has 1 saturated heterocycles. The summed E-state index contributed by atoms with van der Waals surface area (Å²) in [6, 6.07) is 11.1. The second-order valence-corrected chi connectivity index (χ2v) is 5.07. The number of anilines is 1. The maximum absolute atomic E-state index is 3.98. The molecule has 1 aromatic heterocycles. The molecule has 1 aliphatic heterocycles. The smallest absolute Gasteiger partial charge is 0.0650 e. The molecule has 1 aliphatic rings. The monoisotopic (exact) mass is 256 g/mol. The van der Waals surface area contributed by atoms with Crippen LogP contribution in [0.25, 0.3) is 11.3 Å². The molecule has 3 rings (SSSR count). The maximum atomic E-state index is 3.98. The Labute approximate surface area is 113 Å². The first kappa shape index (κ1) is 12.2. The molecule has 1 unspecified atom stereocenters. The minimum Gasteiger partial charge on any atom is -0.382 e. The lowest BCUT2D eigenvalue weighted by Gasteiger charge is -2.17. The van der Waals surface area contributed by atoms with Crippen LogP contribution in [0.15, 0.2) is 36.5 Å². The number of nitrogens with one attached hydrogen (secondary N) is 3. The predicted octanol–water partition coefficient (Wildman–Crippen LogP) is 2.63. The van der Waals surface area contributed by atoms with Gasteiger partial charge in [0, 0.05) is 17.9 Å². The van der Waals surface area contributed by atoms with E-state index in [1.54, 1.807) is 6.20 Å². The zero-order chi connectivity index (χ0) is 12.9. The van der Waals surface area contributed by atoms with Gasteiger partial charge in [-0.3, -0.25) is 5.10 Å². The van der Waals surface area contributed by atoms with E-state index in [0.29, 0.717) is 6.04 Å². The molecule has 3 N–H and O–H groups in total. The van der Waals surface area contributed by atoms with Gasteiger partial charge in [-0.15, -0.1) is 0 Å². The van der Waals surface area contributed by atoms with E-state index in [1.807, 2.05) is 6.07 Å². The molecule has 100 valence electrons. The molecule has 0 aliphatic carbocycles. The van der Waals surface area contributed by atoms with Crippen molar-refractivity contribution in [1.29, 1.82) is 0 Å². The van der Waals surface area contributed by atoms with Crippen molar-refractivity contribution in [2.75, 3.05) is 18.4 Å². The van der Waals surface area contributed by atoms with Gasteiger partial charge in [-0.05, 0) is 56.1 Å². The SMILES string of the molecule is c1cc(-c2ccc(NC3CCCNCC3)cc2)[nH]n1. The highest BCUT2D eigenvalue weighted by molar-refractivity contribution is 5.62. The lowest BCUT2D eigenvalue weighted by molar-refractivity contribution is 0.637. The Morgan fingerprint density at radius 3 is 2.74 bits per heavy atom. The van der Waals surface area contributed by atoms with Crippen LogP contribution in [0, 0.1) is 0 Å². The van der Waals surface area contributed by atoms with E-state index in [4.69, 9.17) is 0 Å². The number of nitrogens with zero attached hydrogens (tertiary/aromatic N) is 1. The molecule has 19 heavy (non-hydrogen) atoms. The summed E-state index contributed by atoms with van der Waals surface area (Å²) in [4.78, 5) is 0. The van der Waals surface area contributed by atoms with Crippen LogP contribution in [0.2, 0.25) is 0 Å². The molecule has 4 heteroatoms. The molecule has 0 saturated carbocycles. The predicted molar refractivity (Wildman–Crippen MR) is 78.2 cm³/mol. The van der Waals surface area contributed by atoms with Gasteiger partial charge in [-0.1, -0.05) is 12.1 Å². The highest BCUT2D eigenvalue weighted by Gasteiger charge is 2.11. The second-order valence-electron chi connectivity index (χ2n) is 5.07. The molecule has 1 fully saturated rings. The average molecular weight is 256 g/mol. The minimum atomic E-state index is 0.591. The van der Waals surface area contributed by atoms with Gasteiger partial charge in [0.2, 0.25) is 0 Å². The van der Waals surface area contributed by atoms with Gasteiger partial charge in [-0.2, -0.15) is 5.10 Å². The van der Waals surface area contributed by atoms with Gasteiger partial charge in [0.1, 0.15) is 0 Å². The molecule has 4 nitrogen and oxygen atoms in total. The summed E-state index contributed by atoms with van der Waals surface area (Å²) in [7, 11) is 0. The Bertz CT molecular complexity index is 481. The molecule has 0 radical (unpaired) electrons. The molecular formula is C15H20N4. The van der Waals surface area contributed by atoms with Crippen LogP contribution < -0.4 is 10.6 Å². The summed E-state index contributed by atoms with van der Waals surface area (Å²) in [6.07, 6.45) is 5.47. The Kier molecular flexibility index (Phi) is 3.79. The average Bonchev–Trinajstić information content (AvgIpc) is 2.86. The number of hydrogen-bond donors (Lipinski definition) is 3. The summed E-state index contributed by atoms with van der Waals surface area (Å²) in [5.74, 6) is 0. The van der Waals surface area contributed by atoms with Crippen LogP contribution in [-0.2, 0) is 0 Å². The van der Waals surface area contributed by atoms with E-state index < -0.39 is 0 Å². The number of aromatic amines is 1. The van der Waals surface area contributed by atoms with Crippen molar-refractivity contribution >= 4 is 5.69 Å². The van der Waals surface area contributed by atoms with Gasteiger partial charge in [0.15, 0.2) is 0 Å². The van der Waals surface area contributed by atoms with Crippen molar-refractivity contribution in [3.8, 4) is 11.3 Å². The first-order chi connectivity index (χ1) is 9.42.